The van der Waals surface area contributed by atoms with Crippen LogP contribution in [0.4, 0.5) is 14.0 Å². The number of hydrogen-bond donors (Lipinski definition) is 1. The summed E-state index contributed by atoms with van der Waals surface area (Å²) in [6.07, 6.45) is 6.40. The fourth-order valence-corrected chi connectivity index (χ4v) is 6.50. The molecule has 1 spiro atoms. The second kappa shape index (κ2) is 11.5. The minimum absolute atomic E-state index is 0.0176. The Balaban J connectivity index is 1.24. The van der Waals surface area contributed by atoms with E-state index in [0.717, 1.165) is 24.8 Å². The van der Waals surface area contributed by atoms with Crippen LogP contribution in [0.2, 0.25) is 0 Å². The SMILES string of the molecule is CC(C)(C)OC(=O)N[C@@H]1CCCCC/C=C\C2C[C@@]23N=C(OC3=O)[C@@H]2CC(OC(=O)N3Cc4cccc(F)c4C3)CN2C1=O. The second-order valence-electron chi connectivity index (χ2n) is 13.3. The van der Waals surface area contributed by atoms with E-state index in [1.54, 1.807) is 32.9 Å². The number of carbonyl (C=O) groups excluding carboxylic acids is 4. The van der Waals surface area contributed by atoms with E-state index in [0.29, 0.717) is 24.8 Å². The molecule has 0 radical (unpaired) electrons. The van der Waals surface area contributed by atoms with Gasteiger partial charge in [-0.25, -0.2) is 23.8 Å². The van der Waals surface area contributed by atoms with Gasteiger partial charge < -0.3 is 24.4 Å². The third-order valence-corrected chi connectivity index (χ3v) is 8.85. The number of alkyl carbamates (subject to hydrolysis) is 1. The standard InChI is InChI=1S/C32H39FN4O7/c1-31(2,3)44-29(40)34-24-13-8-6-4-5-7-11-20-15-32(20)28(39)43-26(35-32)25-14-21(17-37(25)27(24)38)42-30(41)36-16-19-10-9-12-23(33)22(19)18-36/h7,9-12,20-21,24-25H,4-6,8,13-18H2,1-3H3,(H,34,40)/b11-7-/t20?,21?,24-,25+,32-/m1/s1. The van der Waals surface area contributed by atoms with E-state index in [-0.39, 0.29) is 43.7 Å². The lowest BCUT2D eigenvalue weighted by Gasteiger charge is -2.29. The minimum atomic E-state index is -0.977. The third-order valence-electron chi connectivity index (χ3n) is 8.85. The van der Waals surface area contributed by atoms with Crippen molar-refractivity contribution in [1.29, 1.82) is 0 Å². The maximum absolute atomic E-state index is 14.3. The Morgan fingerprint density at radius 2 is 1.98 bits per heavy atom. The zero-order valence-corrected chi connectivity index (χ0v) is 25.3. The number of ether oxygens (including phenoxy) is 3. The maximum atomic E-state index is 14.3. The van der Waals surface area contributed by atoms with Gasteiger partial charge in [0.05, 0.1) is 13.1 Å². The number of amides is 3. The summed E-state index contributed by atoms with van der Waals surface area (Å²) in [7, 11) is 0. The number of hydrogen-bond acceptors (Lipinski definition) is 8. The largest absolute Gasteiger partial charge is 0.444 e. The van der Waals surface area contributed by atoms with Crippen molar-refractivity contribution in [2.45, 2.75) is 108 Å². The number of nitrogens with one attached hydrogen (secondary N) is 1. The molecule has 2 unspecified atom stereocenters. The van der Waals surface area contributed by atoms with Gasteiger partial charge in [-0.15, -0.1) is 0 Å². The van der Waals surface area contributed by atoms with Crippen molar-refractivity contribution in [2.24, 2.45) is 10.9 Å². The summed E-state index contributed by atoms with van der Waals surface area (Å²) in [5.74, 6) is -1.14. The Morgan fingerprint density at radius 3 is 2.75 bits per heavy atom. The first-order valence-corrected chi connectivity index (χ1v) is 15.4. The van der Waals surface area contributed by atoms with E-state index < -0.39 is 53.4 Å². The molecule has 2 bridgehead atoms. The molecule has 6 rings (SSSR count). The quantitative estimate of drug-likeness (QED) is 0.299. The van der Waals surface area contributed by atoms with Crippen LogP contribution in [-0.4, -0.2) is 75.6 Å². The van der Waals surface area contributed by atoms with Crippen molar-refractivity contribution in [1.82, 2.24) is 15.1 Å². The summed E-state index contributed by atoms with van der Waals surface area (Å²) in [5, 5.41) is 2.75. The molecule has 11 nitrogen and oxygen atoms in total. The van der Waals surface area contributed by atoms with Crippen LogP contribution in [-0.2, 0) is 36.9 Å². The van der Waals surface area contributed by atoms with E-state index in [4.69, 9.17) is 19.2 Å². The van der Waals surface area contributed by atoms with Gasteiger partial charge in [0.1, 0.15) is 29.6 Å². The van der Waals surface area contributed by atoms with Gasteiger partial charge in [-0.05, 0) is 58.1 Å². The van der Waals surface area contributed by atoms with Crippen LogP contribution in [0.25, 0.3) is 0 Å². The number of allylic oxidation sites excluding steroid dienone is 1. The van der Waals surface area contributed by atoms with Crippen LogP contribution in [0.5, 0.6) is 0 Å². The van der Waals surface area contributed by atoms with E-state index in [2.05, 4.69) is 11.4 Å². The summed E-state index contributed by atoms with van der Waals surface area (Å²) in [6, 6.07) is 3.07. The summed E-state index contributed by atoms with van der Waals surface area (Å²) in [4.78, 5) is 60.8. The van der Waals surface area contributed by atoms with Gasteiger partial charge >= 0.3 is 18.2 Å². The van der Waals surface area contributed by atoms with Crippen LogP contribution >= 0.6 is 0 Å². The Labute approximate surface area is 255 Å². The van der Waals surface area contributed by atoms with Crippen molar-refractivity contribution in [3.05, 3.63) is 47.3 Å². The zero-order valence-electron chi connectivity index (χ0n) is 25.3. The fourth-order valence-electron chi connectivity index (χ4n) is 6.50. The summed E-state index contributed by atoms with van der Waals surface area (Å²) in [6.45, 7) is 5.55. The smallest absolute Gasteiger partial charge is 0.410 e. The highest BCUT2D eigenvalue weighted by Crippen LogP contribution is 2.52. The highest BCUT2D eigenvalue weighted by atomic mass is 19.1. The van der Waals surface area contributed by atoms with Crippen LogP contribution in [0, 0.1) is 11.7 Å². The van der Waals surface area contributed by atoms with E-state index in [9.17, 15) is 23.6 Å². The third kappa shape index (κ3) is 6.03. The first-order valence-electron chi connectivity index (χ1n) is 15.4. The van der Waals surface area contributed by atoms with Crippen molar-refractivity contribution < 1.29 is 37.8 Å². The van der Waals surface area contributed by atoms with Gasteiger partial charge in [0, 0.05) is 24.4 Å². The molecule has 4 aliphatic heterocycles. The van der Waals surface area contributed by atoms with E-state index in [1.165, 1.54) is 15.9 Å². The number of aliphatic imine (C=N–C) groups is 1. The number of rotatable bonds is 2. The molecule has 236 valence electrons. The molecule has 1 aromatic rings. The van der Waals surface area contributed by atoms with E-state index in [1.807, 2.05) is 6.08 Å². The van der Waals surface area contributed by atoms with E-state index >= 15 is 0 Å². The first-order chi connectivity index (χ1) is 20.9. The van der Waals surface area contributed by atoms with Gasteiger partial charge in [-0.3, -0.25) is 9.69 Å². The predicted molar refractivity (Wildman–Crippen MR) is 156 cm³/mol. The van der Waals surface area contributed by atoms with Gasteiger partial charge in [-0.2, -0.15) is 0 Å². The predicted octanol–water partition coefficient (Wildman–Crippen LogP) is 4.38. The molecule has 2 fully saturated rings. The van der Waals surface area contributed by atoms with Crippen LogP contribution in [0.15, 0.2) is 35.3 Å². The molecule has 1 saturated carbocycles. The molecular weight excluding hydrogens is 571 g/mol. The highest BCUT2D eigenvalue weighted by molar-refractivity contribution is 6.06. The highest BCUT2D eigenvalue weighted by Gasteiger charge is 2.65. The van der Waals surface area contributed by atoms with Crippen molar-refractivity contribution in [3.8, 4) is 0 Å². The number of esters is 1. The number of benzene rings is 1. The van der Waals surface area contributed by atoms with Crippen molar-refractivity contribution in [3.63, 3.8) is 0 Å². The molecule has 3 amide bonds. The summed E-state index contributed by atoms with van der Waals surface area (Å²) in [5.41, 5.74) is -0.553. The molecule has 4 heterocycles. The zero-order chi connectivity index (χ0) is 31.2. The molecule has 1 saturated heterocycles. The Morgan fingerprint density at radius 1 is 1.16 bits per heavy atom. The second-order valence-corrected chi connectivity index (χ2v) is 13.3. The molecular formula is C32H39FN4O7. The number of carbonyl (C=O) groups is 4. The lowest BCUT2D eigenvalue weighted by molar-refractivity contribution is -0.138. The van der Waals surface area contributed by atoms with Crippen molar-refractivity contribution in [2.75, 3.05) is 6.54 Å². The maximum Gasteiger partial charge on any atom is 0.410 e. The van der Waals surface area contributed by atoms with Gasteiger partial charge in [-0.1, -0.05) is 37.1 Å². The topological polar surface area (TPSA) is 127 Å². The number of fused-ring (bicyclic) bond motifs is 3. The first kappa shape index (κ1) is 30.1. The molecule has 5 aliphatic rings. The Bertz CT molecular complexity index is 1420. The molecule has 1 N–H and O–H groups in total. The summed E-state index contributed by atoms with van der Waals surface area (Å²) < 4.78 is 31.3. The normalized spacial score (nSPS) is 30.6. The average Bonchev–Trinajstić information content (AvgIpc) is 3.24. The molecule has 12 heteroatoms. The Kier molecular flexibility index (Phi) is 7.87. The lowest BCUT2D eigenvalue weighted by atomic mass is 10.0. The van der Waals surface area contributed by atoms with Gasteiger partial charge in [0.2, 0.25) is 11.8 Å². The van der Waals surface area contributed by atoms with Crippen LogP contribution in [0.3, 0.4) is 0 Å². The number of nitrogens with zero attached hydrogens (tertiary/aromatic N) is 3. The van der Waals surface area contributed by atoms with Gasteiger partial charge in [0.25, 0.3) is 0 Å². The van der Waals surface area contributed by atoms with Gasteiger partial charge in [0.15, 0.2) is 5.54 Å². The monoisotopic (exact) mass is 610 g/mol. The average molecular weight is 611 g/mol. The lowest BCUT2D eigenvalue weighted by Crippen LogP contribution is -2.52. The van der Waals surface area contributed by atoms with Crippen molar-refractivity contribution >= 4 is 30.0 Å². The molecule has 1 aromatic carbocycles. The molecule has 0 aromatic heterocycles. The van der Waals surface area contributed by atoms with Crippen LogP contribution < -0.4 is 5.32 Å². The number of halogens is 1. The summed E-state index contributed by atoms with van der Waals surface area (Å²) >= 11 is 0. The fraction of sp³-hybridized carbons (Fsp3) is 0.594. The van der Waals surface area contributed by atoms with Crippen LogP contribution in [0.1, 0.15) is 76.8 Å². The molecule has 1 aliphatic carbocycles. The molecule has 5 atom stereocenters. The molecule has 44 heavy (non-hydrogen) atoms. The minimum Gasteiger partial charge on any atom is -0.444 e. The Hall–Kier alpha value is -3.96.